The van der Waals surface area contributed by atoms with Crippen LogP contribution >= 0.6 is 0 Å². The molecule has 0 spiro atoms. The minimum Gasteiger partial charge on any atom is -0.257 e. The van der Waals surface area contributed by atoms with E-state index in [0.29, 0.717) is 11.5 Å². The molecule has 3 aromatic rings. The maximum absolute atomic E-state index is 13.2. The number of nitrogens with one attached hydrogen (secondary N) is 1. The molecule has 0 saturated carbocycles. The van der Waals surface area contributed by atoms with Gasteiger partial charge in [0.25, 0.3) is 0 Å². The molecule has 2 heterocycles. The van der Waals surface area contributed by atoms with E-state index >= 15 is 0 Å². The highest BCUT2D eigenvalue weighted by molar-refractivity contribution is 5.63. The van der Waals surface area contributed by atoms with Crippen molar-refractivity contribution in [2.75, 3.05) is 0 Å². The first-order chi connectivity index (χ1) is 11.7. The molecule has 0 amide bonds. The summed E-state index contributed by atoms with van der Waals surface area (Å²) < 4.78 is 39.5. The van der Waals surface area contributed by atoms with Gasteiger partial charge in [-0.3, -0.25) is 10.1 Å². The summed E-state index contributed by atoms with van der Waals surface area (Å²) in [5.74, 6) is 0.323. The molecule has 2 aromatic heterocycles. The summed E-state index contributed by atoms with van der Waals surface area (Å²) in [5.41, 5.74) is 0.673. The Morgan fingerprint density at radius 1 is 1.00 bits per heavy atom. The van der Waals surface area contributed by atoms with E-state index in [9.17, 15) is 13.2 Å². The van der Waals surface area contributed by atoms with E-state index < -0.39 is 11.7 Å². The minimum atomic E-state index is -4.47. The van der Waals surface area contributed by atoms with Crippen molar-refractivity contribution in [3.05, 3.63) is 53.7 Å². The molecule has 0 aliphatic rings. The van der Waals surface area contributed by atoms with Gasteiger partial charge in [-0.25, -0.2) is 4.98 Å². The number of aromatic amines is 1. The lowest BCUT2D eigenvalue weighted by Gasteiger charge is -2.18. The number of pyridine rings is 1. The number of benzene rings is 1. The maximum Gasteiger partial charge on any atom is 0.417 e. The molecule has 0 aliphatic heterocycles. The maximum atomic E-state index is 13.2. The second-order valence-corrected chi connectivity index (χ2v) is 6.73. The van der Waals surface area contributed by atoms with Gasteiger partial charge in [-0.15, -0.1) is 0 Å². The number of alkyl halides is 3. The first-order valence-electron chi connectivity index (χ1n) is 7.72. The molecule has 0 bridgehead atoms. The molecule has 25 heavy (non-hydrogen) atoms. The van der Waals surface area contributed by atoms with Crippen LogP contribution in [0.3, 0.4) is 0 Å². The Kier molecular flexibility index (Phi) is 4.10. The van der Waals surface area contributed by atoms with Crippen molar-refractivity contribution in [3.63, 3.8) is 0 Å². The Morgan fingerprint density at radius 2 is 1.72 bits per heavy atom. The molecule has 1 aromatic carbocycles. The van der Waals surface area contributed by atoms with Crippen LogP contribution in [0.4, 0.5) is 13.2 Å². The molecule has 3 rings (SSSR count). The average molecular weight is 346 g/mol. The summed E-state index contributed by atoms with van der Waals surface area (Å²) in [6, 6.07) is 9.01. The molecule has 130 valence electrons. The quantitative estimate of drug-likeness (QED) is 0.722. The zero-order valence-corrected chi connectivity index (χ0v) is 14.0. The summed E-state index contributed by atoms with van der Waals surface area (Å²) in [6.45, 7) is 6.20. The second-order valence-electron chi connectivity index (χ2n) is 6.73. The molecule has 0 unspecified atom stereocenters. The van der Waals surface area contributed by atoms with E-state index in [-0.39, 0.29) is 16.8 Å². The van der Waals surface area contributed by atoms with Crippen molar-refractivity contribution in [3.8, 4) is 22.9 Å². The third kappa shape index (κ3) is 3.55. The van der Waals surface area contributed by atoms with Crippen LogP contribution in [-0.4, -0.2) is 20.2 Å². The van der Waals surface area contributed by atoms with Gasteiger partial charge in [-0.2, -0.15) is 18.3 Å². The van der Waals surface area contributed by atoms with Crippen molar-refractivity contribution in [2.24, 2.45) is 0 Å². The Morgan fingerprint density at radius 3 is 2.40 bits per heavy atom. The van der Waals surface area contributed by atoms with Gasteiger partial charge in [0.2, 0.25) is 0 Å². The van der Waals surface area contributed by atoms with Crippen molar-refractivity contribution >= 4 is 0 Å². The van der Waals surface area contributed by atoms with Gasteiger partial charge in [0, 0.05) is 11.8 Å². The lowest BCUT2D eigenvalue weighted by Crippen LogP contribution is -2.11. The van der Waals surface area contributed by atoms with Crippen LogP contribution in [0.5, 0.6) is 0 Å². The number of halogens is 3. The average Bonchev–Trinajstić information content (AvgIpc) is 3.03. The number of rotatable bonds is 2. The molecular weight excluding hydrogens is 329 g/mol. The van der Waals surface area contributed by atoms with Crippen molar-refractivity contribution in [1.82, 2.24) is 20.2 Å². The summed E-state index contributed by atoms with van der Waals surface area (Å²) in [4.78, 5) is 8.46. The summed E-state index contributed by atoms with van der Waals surface area (Å²) >= 11 is 0. The monoisotopic (exact) mass is 346 g/mol. The first-order valence-corrected chi connectivity index (χ1v) is 7.72. The Bertz CT molecular complexity index is 892. The van der Waals surface area contributed by atoms with Gasteiger partial charge in [-0.1, -0.05) is 39.0 Å². The fourth-order valence-corrected chi connectivity index (χ4v) is 2.45. The van der Waals surface area contributed by atoms with Crippen molar-refractivity contribution < 1.29 is 13.2 Å². The van der Waals surface area contributed by atoms with Crippen molar-refractivity contribution in [1.29, 1.82) is 0 Å². The molecule has 0 aliphatic carbocycles. The Labute approximate surface area is 143 Å². The van der Waals surface area contributed by atoms with Crippen LogP contribution in [0, 0.1) is 0 Å². The van der Waals surface area contributed by atoms with Crippen molar-refractivity contribution in [2.45, 2.75) is 32.4 Å². The molecule has 4 nitrogen and oxygen atoms in total. The summed E-state index contributed by atoms with van der Waals surface area (Å²) in [5, 5.41) is 6.64. The number of aromatic nitrogens is 4. The SMILES string of the molecule is CC(C)(C)c1ccnc(-c2nc(-c3ccccc3C(F)(F)F)n[nH]2)c1. The van der Waals surface area contributed by atoms with E-state index in [1.807, 2.05) is 12.1 Å². The second kappa shape index (κ2) is 5.98. The van der Waals surface area contributed by atoms with Gasteiger partial charge in [0.05, 0.1) is 5.56 Å². The highest BCUT2D eigenvalue weighted by Crippen LogP contribution is 2.36. The number of H-pyrrole nitrogens is 1. The van der Waals surface area contributed by atoms with Crippen LogP contribution < -0.4 is 0 Å². The third-order valence-electron chi connectivity index (χ3n) is 3.83. The third-order valence-corrected chi connectivity index (χ3v) is 3.83. The van der Waals surface area contributed by atoms with E-state index in [1.54, 1.807) is 6.20 Å². The lowest BCUT2D eigenvalue weighted by atomic mass is 9.87. The molecule has 0 fully saturated rings. The van der Waals surface area contributed by atoms with Gasteiger partial charge in [0.1, 0.15) is 5.69 Å². The van der Waals surface area contributed by atoms with Gasteiger partial charge < -0.3 is 0 Å². The zero-order valence-electron chi connectivity index (χ0n) is 14.0. The molecule has 7 heteroatoms. The summed E-state index contributed by atoms with van der Waals surface area (Å²) in [6.07, 6.45) is -2.82. The largest absolute Gasteiger partial charge is 0.417 e. The predicted octanol–water partition coefficient (Wildman–Crippen LogP) is 4.85. The minimum absolute atomic E-state index is 0.00844. The first kappa shape index (κ1) is 17.1. The fraction of sp³-hybridized carbons (Fsp3) is 0.278. The number of hydrogen-bond acceptors (Lipinski definition) is 3. The number of hydrogen-bond donors (Lipinski definition) is 1. The predicted molar refractivity (Wildman–Crippen MR) is 88.8 cm³/mol. The molecule has 0 saturated heterocycles. The molecule has 0 atom stereocenters. The highest BCUT2D eigenvalue weighted by Gasteiger charge is 2.34. The van der Waals surface area contributed by atoms with Crippen LogP contribution in [0.1, 0.15) is 31.9 Å². The Balaban J connectivity index is 2.03. The van der Waals surface area contributed by atoms with Gasteiger partial charge in [0.15, 0.2) is 11.6 Å². The fourth-order valence-electron chi connectivity index (χ4n) is 2.45. The van der Waals surface area contributed by atoms with E-state index in [4.69, 9.17) is 0 Å². The van der Waals surface area contributed by atoms with Gasteiger partial charge >= 0.3 is 6.18 Å². The van der Waals surface area contributed by atoms with E-state index in [2.05, 4.69) is 40.9 Å². The van der Waals surface area contributed by atoms with Gasteiger partial charge in [-0.05, 0) is 29.2 Å². The molecule has 1 N–H and O–H groups in total. The number of nitrogens with zero attached hydrogens (tertiary/aromatic N) is 3. The standard InChI is InChI=1S/C18H17F3N4/c1-17(2,3)11-8-9-22-14(10-11)16-23-15(24-25-16)12-6-4-5-7-13(12)18(19,20)21/h4-10H,1-3H3,(H,23,24,25). The van der Waals surface area contributed by atoms with Crippen LogP contribution in [-0.2, 0) is 11.6 Å². The molecule has 0 radical (unpaired) electrons. The van der Waals surface area contributed by atoms with Crippen LogP contribution in [0.25, 0.3) is 22.9 Å². The highest BCUT2D eigenvalue weighted by atomic mass is 19.4. The Hall–Kier alpha value is -2.70. The van der Waals surface area contributed by atoms with Crippen LogP contribution in [0.15, 0.2) is 42.6 Å². The molecular formula is C18H17F3N4. The lowest BCUT2D eigenvalue weighted by molar-refractivity contribution is -0.137. The smallest absolute Gasteiger partial charge is 0.257 e. The van der Waals surface area contributed by atoms with Crippen LogP contribution in [0.2, 0.25) is 0 Å². The normalized spacial score (nSPS) is 12.4. The topological polar surface area (TPSA) is 54.5 Å². The summed E-state index contributed by atoms with van der Waals surface area (Å²) in [7, 11) is 0. The zero-order chi connectivity index (χ0) is 18.2. The van der Waals surface area contributed by atoms with E-state index in [1.165, 1.54) is 18.2 Å². The van der Waals surface area contributed by atoms with E-state index in [0.717, 1.165) is 11.6 Å².